The van der Waals surface area contributed by atoms with Crippen molar-refractivity contribution in [2.24, 2.45) is 0 Å². The van der Waals surface area contributed by atoms with Gasteiger partial charge in [-0.1, -0.05) is 30.3 Å². The number of methoxy groups -OCH3 is 1. The van der Waals surface area contributed by atoms with Gasteiger partial charge in [0.05, 0.1) is 20.1 Å². The highest BCUT2D eigenvalue weighted by atomic mass is 16.5. The molecule has 27 heavy (non-hydrogen) atoms. The predicted molar refractivity (Wildman–Crippen MR) is 106 cm³/mol. The maximum atomic E-state index is 12.4. The van der Waals surface area contributed by atoms with E-state index in [1.54, 1.807) is 7.11 Å². The van der Waals surface area contributed by atoms with Crippen molar-refractivity contribution < 1.29 is 14.3 Å². The molecule has 1 fully saturated rings. The molecule has 0 radical (unpaired) electrons. The number of amides is 1. The lowest BCUT2D eigenvalue weighted by molar-refractivity contribution is -0.133. The lowest BCUT2D eigenvalue weighted by Crippen LogP contribution is -2.49. The maximum absolute atomic E-state index is 12.4. The van der Waals surface area contributed by atoms with E-state index in [4.69, 9.17) is 9.47 Å². The van der Waals surface area contributed by atoms with Crippen molar-refractivity contribution in [1.82, 2.24) is 9.80 Å². The number of carbonyl (C=O) groups is 1. The molecule has 0 bridgehead atoms. The van der Waals surface area contributed by atoms with Gasteiger partial charge in [-0.2, -0.15) is 0 Å². The normalized spacial score (nSPS) is 14.8. The first-order chi connectivity index (χ1) is 13.2. The van der Waals surface area contributed by atoms with Crippen LogP contribution in [0.2, 0.25) is 0 Å². The molecule has 0 unspecified atom stereocenters. The average Bonchev–Trinajstić information content (AvgIpc) is 2.73. The van der Waals surface area contributed by atoms with Crippen LogP contribution in [-0.4, -0.2) is 62.1 Å². The Bertz CT molecular complexity index is 695. The molecule has 5 heteroatoms. The summed E-state index contributed by atoms with van der Waals surface area (Å²) in [5.74, 6) is 1.89. The summed E-state index contributed by atoms with van der Waals surface area (Å²) in [6.45, 7) is 4.91. The predicted octanol–water partition coefficient (Wildman–Crippen LogP) is 2.85. The summed E-state index contributed by atoms with van der Waals surface area (Å²) >= 11 is 0. The molecular weight excluding hydrogens is 340 g/mol. The van der Waals surface area contributed by atoms with Crippen LogP contribution in [0, 0.1) is 0 Å². The van der Waals surface area contributed by atoms with Crippen LogP contribution in [0.5, 0.6) is 11.5 Å². The molecule has 0 N–H and O–H groups in total. The molecule has 3 rings (SSSR count). The van der Waals surface area contributed by atoms with Gasteiger partial charge in [0.25, 0.3) is 0 Å². The molecule has 2 aromatic rings. The molecule has 0 aliphatic carbocycles. The molecule has 1 saturated heterocycles. The summed E-state index contributed by atoms with van der Waals surface area (Å²) in [6, 6.07) is 17.9. The summed E-state index contributed by atoms with van der Waals surface area (Å²) in [7, 11) is 1.68. The minimum Gasteiger partial charge on any atom is -0.497 e. The summed E-state index contributed by atoms with van der Waals surface area (Å²) in [5, 5.41) is 0. The average molecular weight is 368 g/mol. The number of rotatable bonds is 8. The first-order valence-corrected chi connectivity index (χ1v) is 9.55. The third-order valence-corrected chi connectivity index (χ3v) is 4.93. The van der Waals surface area contributed by atoms with Gasteiger partial charge < -0.3 is 14.4 Å². The van der Waals surface area contributed by atoms with Gasteiger partial charge in [0, 0.05) is 32.7 Å². The highest BCUT2D eigenvalue weighted by molar-refractivity contribution is 5.76. The van der Waals surface area contributed by atoms with Crippen LogP contribution < -0.4 is 9.47 Å². The van der Waals surface area contributed by atoms with Crippen molar-refractivity contribution in [1.29, 1.82) is 0 Å². The number of benzene rings is 2. The second-order valence-corrected chi connectivity index (χ2v) is 6.73. The maximum Gasteiger partial charge on any atom is 0.226 e. The molecule has 0 aromatic heterocycles. The first-order valence-electron chi connectivity index (χ1n) is 9.55. The quantitative estimate of drug-likeness (QED) is 0.719. The Morgan fingerprint density at radius 2 is 1.63 bits per heavy atom. The molecule has 1 heterocycles. The van der Waals surface area contributed by atoms with Gasteiger partial charge in [0.1, 0.15) is 11.5 Å². The number of ether oxygens (including phenoxy) is 2. The highest BCUT2D eigenvalue weighted by Gasteiger charge is 2.20. The summed E-state index contributed by atoms with van der Waals surface area (Å²) in [4.78, 5) is 16.7. The van der Waals surface area contributed by atoms with Gasteiger partial charge in [0.15, 0.2) is 0 Å². The number of carbonyl (C=O) groups excluding carboxylic acids is 1. The smallest absolute Gasteiger partial charge is 0.226 e. The molecule has 144 valence electrons. The zero-order valence-corrected chi connectivity index (χ0v) is 16.0. The van der Waals surface area contributed by atoms with Crippen LogP contribution in [0.25, 0.3) is 0 Å². The second-order valence-electron chi connectivity index (χ2n) is 6.73. The molecule has 0 spiro atoms. The van der Waals surface area contributed by atoms with E-state index in [1.165, 1.54) is 5.56 Å². The Labute approximate surface area is 161 Å². The fourth-order valence-electron chi connectivity index (χ4n) is 3.23. The van der Waals surface area contributed by atoms with Crippen molar-refractivity contribution in [2.45, 2.75) is 12.8 Å². The molecule has 2 aromatic carbocycles. The molecule has 0 saturated carbocycles. The van der Waals surface area contributed by atoms with Crippen LogP contribution >= 0.6 is 0 Å². The summed E-state index contributed by atoms with van der Waals surface area (Å²) in [5.41, 5.74) is 1.31. The molecule has 1 amide bonds. The largest absolute Gasteiger partial charge is 0.497 e. The molecule has 5 nitrogen and oxygen atoms in total. The Kier molecular flexibility index (Phi) is 7.11. The van der Waals surface area contributed by atoms with E-state index < -0.39 is 0 Å². The van der Waals surface area contributed by atoms with Crippen LogP contribution in [0.4, 0.5) is 0 Å². The Hall–Kier alpha value is -2.53. The van der Waals surface area contributed by atoms with Gasteiger partial charge >= 0.3 is 0 Å². The minimum absolute atomic E-state index is 0.181. The number of para-hydroxylation sites is 1. The van der Waals surface area contributed by atoms with Crippen molar-refractivity contribution in [3.05, 3.63) is 60.2 Å². The number of nitrogens with zero attached hydrogens (tertiary/aromatic N) is 2. The van der Waals surface area contributed by atoms with Crippen LogP contribution in [0.15, 0.2) is 54.6 Å². The van der Waals surface area contributed by atoms with Gasteiger partial charge in [-0.15, -0.1) is 0 Å². The zero-order valence-electron chi connectivity index (χ0n) is 16.0. The summed E-state index contributed by atoms with van der Waals surface area (Å²) < 4.78 is 10.8. The third-order valence-electron chi connectivity index (χ3n) is 4.93. The third kappa shape index (κ3) is 6.00. The lowest BCUT2D eigenvalue weighted by atomic mass is 10.1. The van der Waals surface area contributed by atoms with Crippen molar-refractivity contribution in [3.8, 4) is 11.5 Å². The Morgan fingerprint density at radius 1 is 0.926 bits per heavy atom. The molecule has 1 aliphatic rings. The number of hydrogen-bond acceptors (Lipinski definition) is 4. The topological polar surface area (TPSA) is 42.0 Å². The van der Waals surface area contributed by atoms with E-state index >= 15 is 0 Å². The Balaban J connectivity index is 1.33. The van der Waals surface area contributed by atoms with Crippen molar-refractivity contribution in [3.63, 3.8) is 0 Å². The number of hydrogen-bond donors (Lipinski definition) is 0. The van der Waals surface area contributed by atoms with E-state index in [0.29, 0.717) is 13.0 Å². The Morgan fingerprint density at radius 3 is 2.30 bits per heavy atom. The van der Waals surface area contributed by atoms with Crippen molar-refractivity contribution >= 4 is 5.91 Å². The monoisotopic (exact) mass is 368 g/mol. The first kappa shape index (κ1) is 19.2. The molecule has 0 atom stereocenters. The van der Waals surface area contributed by atoms with Crippen molar-refractivity contribution in [2.75, 3.05) is 46.4 Å². The van der Waals surface area contributed by atoms with E-state index in [2.05, 4.69) is 17.0 Å². The van der Waals surface area contributed by atoms with Gasteiger partial charge in [-0.05, 0) is 36.2 Å². The van der Waals surface area contributed by atoms with Crippen LogP contribution in [0.3, 0.4) is 0 Å². The standard InChI is InChI=1S/C22H28N2O3/c1-26-20-9-7-19(8-10-20)11-13-23-14-16-24(17-15-23)22(25)12-18-27-21-5-3-2-4-6-21/h2-10H,11-18H2,1H3. The van der Waals surface area contributed by atoms with Crippen LogP contribution in [0.1, 0.15) is 12.0 Å². The fraction of sp³-hybridized carbons (Fsp3) is 0.409. The zero-order chi connectivity index (χ0) is 18.9. The highest BCUT2D eigenvalue weighted by Crippen LogP contribution is 2.13. The lowest BCUT2D eigenvalue weighted by Gasteiger charge is -2.34. The van der Waals surface area contributed by atoms with Crippen LogP contribution in [-0.2, 0) is 11.2 Å². The molecule has 1 aliphatic heterocycles. The minimum atomic E-state index is 0.181. The van der Waals surface area contributed by atoms with E-state index in [0.717, 1.165) is 50.6 Å². The molecular formula is C22H28N2O3. The summed E-state index contributed by atoms with van der Waals surface area (Å²) in [6.07, 6.45) is 1.45. The van der Waals surface area contributed by atoms with Gasteiger partial charge in [-0.3, -0.25) is 9.69 Å². The second kappa shape index (κ2) is 9.97. The van der Waals surface area contributed by atoms with Gasteiger partial charge in [0.2, 0.25) is 5.91 Å². The van der Waals surface area contributed by atoms with E-state index in [-0.39, 0.29) is 5.91 Å². The van der Waals surface area contributed by atoms with E-state index in [9.17, 15) is 4.79 Å². The van der Waals surface area contributed by atoms with E-state index in [1.807, 2.05) is 47.4 Å². The number of piperazine rings is 1. The fourth-order valence-corrected chi connectivity index (χ4v) is 3.23. The van der Waals surface area contributed by atoms with Gasteiger partial charge in [-0.25, -0.2) is 0 Å². The SMILES string of the molecule is COc1ccc(CCN2CCN(C(=O)CCOc3ccccc3)CC2)cc1.